The lowest BCUT2D eigenvalue weighted by molar-refractivity contribution is -0.123. The average molecular weight is 289 g/mol. The highest BCUT2D eigenvalue weighted by atomic mass is 32.1. The predicted octanol–water partition coefficient (Wildman–Crippen LogP) is 2.88. The Bertz CT molecular complexity index is 549. The van der Waals surface area contributed by atoms with Crippen LogP contribution in [0.25, 0.3) is 0 Å². The first kappa shape index (κ1) is 14.8. The molecule has 2 rings (SSSR count). The highest BCUT2D eigenvalue weighted by Gasteiger charge is 2.25. The lowest BCUT2D eigenvalue weighted by Gasteiger charge is -2.25. The first-order chi connectivity index (χ1) is 9.50. The van der Waals surface area contributed by atoms with E-state index in [1.807, 2.05) is 54.8 Å². The van der Waals surface area contributed by atoms with Crippen LogP contribution in [0.4, 0.5) is 0 Å². The molecule has 1 aromatic heterocycles. The van der Waals surface area contributed by atoms with E-state index in [0.29, 0.717) is 0 Å². The van der Waals surface area contributed by atoms with Gasteiger partial charge in [-0.2, -0.15) is 0 Å². The average Bonchev–Trinajstić information content (AvgIpc) is 2.99. The number of nitrogens with one attached hydrogen (secondary N) is 1. The molecule has 0 aliphatic heterocycles. The molecule has 0 saturated carbocycles. The van der Waals surface area contributed by atoms with Crippen LogP contribution in [0, 0.1) is 0 Å². The summed E-state index contributed by atoms with van der Waals surface area (Å²) in [7, 11) is 0. The normalized spacial score (nSPS) is 15.3. The lowest BCUT2D eigenvalue weighted by atomic mass is 9.96. The van der Waals surface area contributed by atoms with Gasteiger partial charge < -0.3 is 10.4 Å². The second-order valence-electron chi connectivity index (χ2n) is 5.09. The Morgan fingerprint density at radius 1 is 1.30 bits per heavy atom. The van der Waals surface area contributed by atoms with E-state index >= 15 is 0 Å². The fourth-order valence-corrected chi connectivity index (χ4v) is 2.76. The molecule has 2 unspecified atom stereocenters. The largest absolute Gasteiger partial charge is 0.384 e. The second kappa shape index (κ2) is 6.20. The van der Waals surface area contributed by atoms with Crippen molar-refractivity contribution in [3.05, 3.63) is 58.3 Å². The highest BCUT2D eigenvalue weighted by molar-refractivity contribution is 7.10. The predicted molar refractivity (Wildman–Crippen MR) is 81.8 cm³/mol. The molecular weight excluding hydrogens is 270 g/mol. The Hall–Kier alpha value is -1.65. The third kappa shape index (κ3) is 3.46. The third-order valence-corrected chi connectivity index (χ3v) is 4.42. The first-order valence-electron chi connectivity index (χ1n) is 6.60. The van der Waals surface area contributed by atoms with Crippen molar-refractivity contribution in [3.63, 3.8) is 0 Å². The zero-order chi connectivity index (χ0) is 14.6. The van der Waals surface area contributed by atoms with E-state index < -0.39 is 5.60 Å². The standard InChI is InChI=1S/C16H19NO2S/c1-12(14-9-6-10-20-14)15(18)17-11-16(2,19)13-7-4-3-5-8-13/h3-10,12,19H,11H2,1-2H3,(H,17,18). The number of carbonyl (C=O) groups excluding carboxylic acids is 1. The van der Waals surface area contributed by atoms with Gasteiger partial charge in [0, 0.05) is 4.88 Å². The molecule has 0 spiro atoms. The number of amides is 1. The fraction of sp³-hybridized carbons (Fsp3) is 0.312. The van der Waals surface area contributed by atoms with Gasteiger partial charge in [-0.1, -0.05) is 36.4 Å². The first-order valence-corrected chi connectivity index (χ1v) is 7.48. The fourth-order valence-electron chi connectivity index (χ4n) is 1.98. The molecule has 4 heteroatoms. The smallest absolute Gasteiger partial charge is 0.228 e. The molecule has 2 aromatic rings. The summed E-state index contributed by atoms with van der Waals surface area (Å²) < 4.78 is 0. The van der Waals surface area contributed by atoms with Crippen LogP contribution in [0.5, 0.6) is 0 Å². The van der Waals surface area contributed by atoms with Crippen LogP contribution in [-0.2, 0) is 10.4 Å². The van der Waals surface area contributed by atoms with Gasteiger partial charge >= 0.3 is 0 Å². The molecule has 0 fully saturated rings. The molecule has 3 nitrogen and oxygen atoms in total. The Labute approximate surface area is 123 Å². The summed E-state index contributed by atoms with van der Waals surface area (Å²) in [5, 5.41) is 15.2. The minimum Gasteiger partial charge on any atom is -0.384 e. The van der Waals surface area contributed by atoms with E-state index in [0.717, 1.165) is 10.4 Å². The molecule has 1 amide bonds. The van der Waals surface area contributed by atoms with Gasteiger partial charge in [0.05, 0.1) is 12.5 Å². The number of hydrogen-bond acceptors (Lipinski definition) is 3. The molecule has 2 atom stereocenters. The van der Waals surface area contributed by atoms with Crippen molar-refractivity contribution >= 4 is 17.2 Å². The summed E-state index contributed by atoms with van der Waals surface area (Å²) in [6.45, 7) is 3.78. The van der Waals surface area contributed by atoms with E-state index in [2.05, 4.69) is 5.32 Å². The third-order valence-electron chi connectivity index (χ3n) is 3.37. The highest BCUT2D eigenvalue weighted by Crippen LogP contribution is 2.22. The van der Waals surface area contributed by atoms with Crippen LogP contribution in [0.15, 0.2) is 47.8 Å². The zero-order valence-electron chi connectivity index (χ0n) is 11.7. The van der Waals surface area contributed by atoms with Gasteiger partial charge in [-0.05, 0) is 30.9 Å². The number of hydrogen-bond donors (Lipinski definition) is 2. The maximum Gasteiger partial charge on any atom is 0.228 e. The molecule has 20 heavy (non-hydrogen) atoms. The summed E-state index contributed by atoms with van der Waals surface area (Å²) >= 11 is 1.57. The number of rotatable bonds is 5. The minimum absolute atomic E-state index is 0.0661. The number of carbonyl (C=O) groups is 1. The summed E-state index contributed by atoms with van der Waals surface area (Å²) in [6, 6.07) is 13.2. The zero-order valence-corrected chi connectivity index (χ0v) is 12.5. The molecule has 0 aliphatic rings. The molecule has 2 N–H and O–H groups in total. The van der Waals surface area contributed by atoms with Gasteiger partial charge in [-0.3, -0.25) is 4.79 Å². The van der Waals surface area contributed by atoms with Gasteiger partial charge in [0.2, 0.25) is 5.91 Å². The van der Waals surface area contributed by atoms with Crippen molar-refractivity contribution in [3.8, 4) is 0 Å². The van der Waals surface area contributed by atoms with Crippen LogP contribution < -0.4 is 5.32 Å². The van der Waals surface area contributed by atoms with E-state index in [1.165, 1.54) is 0 Å². The van der Waals surface area contributed by atoms with Crippen LogP contribution in [-0.4, -0.2) is 17.6 Å². The van der Waals surface area contributed by atoms with Gasteiger partial charge in [0.1, 0.15) is 5.60 Å². The SMILES string of the molecule is CC(C(=O)NCC(C)(O)c1ccccc1)c1cccs1. The molecular formula is C16H19NO2S. The number of thiophene rings is 1. The summed E-state index contributed by atoms with van der Waals surface area (Å²) in [4.78, 5) is 13.1. The summed E-state index contributed by atoms with van der Waals surface area (Å²) in [5.41, 5.74) is -0.268. The van der Waals surface area contributed by atoms with Crippen molar-refractivity contribution in [2.45, 2.75) is 25.4 Å². The molecule has 0 saturated heterocycles. The maximum atomic E-state index is 12.1. The van der Waals surface area contributed by atoms with Gasteiger partial charge in [0.25, 0.3) is 0 Å². The molecule has 0 bridgehead atoms. The second-order valence-corrected chi connectivity index (χ2v) is 6.07. The van der Waals surface area contributed by atoms with E-state index in [4.69, 9.17) is 0 Å². The molecule has 0 aliphatic carbocycles. The van der Waals surface area contributed by atoms with Crippen molar-refractivity contribution in [2.24, 2.45) is 0 Å². The van der Waals surface area contributed by atoms with Crippen molar-refractivity contribution in [2.75, 3.05) is 6.54 Å². The van der Waals surface area contributed by atoms with Crippen molar-refractivity contribution in [1.82, 2.24) is 5.32 Å². The van der Waals surface area contributed by atoms with E-state index in [-0.39, 0.29) is 18.4 Å². The number of benzene rings is 1. The minimum atomic E-state index is -1.06. The monoisotopic (exact) mass is 289 g/mol. The van der Waals surface area contributed by atoms with Crippen LogP contribution >= 0.6 is 11.3 Å². The Morgan fingerprint density at radius 2 is 2.00 bits per heavy atom. The quantitative estimate of drug-likeness (QED) is 0.889. The van der Waals surface area contributed by atoms with Crippen molar-refractivity contribution in [1.29, 1.82) is 0 Å². The Balaban J connectivity index is 1.96. The summed E-state index contributed by atoms with van der Waals surface area (Å²) in [6.07, 6.45) is 0. The molecule has 1 heterocycles. The van der Waals surface area contributed by atoms with Crippen molar-refractivity contribution < 1.29 is 9.90 Å². The topological polar surface area (TPSA) is 49.3 Å². The van der Waals surface area contributed by atoms with Crippen LogP contribution in [0.3, 0.4) is 0 Å². The summed E-state index contributed by atoms with van der Waals surface area (Å²) in [5.74, 6) is -0.259. The number of aliphatic hydroxyl groups is 1. The van der Waals surface area contributed by atoms with Crippen LogP contribution in [0.1, 0.15) is 30.2 Å². The maximum absolute atomic E-state index is 12.1. The molecule has 106 valence electrons. The van der Waals surface area contributed by atoms with Crippen LogP contribution in [0.2, 0.25) is 0 Å². The lowest BCUT2D eigenvalue weighted by Crippen LogP contribution is -2.40. The Kier molecular flexibility index (Phi) is 4.57. The van der Waals surface area contributed by atoms with E-state index in [1.54, 1.807) is 18.3 Å². The molecule has 0 radical (unpaired) electrons. The molecule has 1 aromatic carbocycles. The van der Waals surface area contributed by atoms with Gasteiger partial charge in [-0.15, -0.1) is 11.3 Å². The Morgan fingerprint density at radius 3 is 2.60 bits per heavy atom. The van der Waals surface area contributed by atoms with Gasteiger partial charge in [-0.25, -0.2) is 0 Å². The van der Waals surface area contributed by atoms with E-state index in [9.17, 15) is 9.90 Å². The van der Waals surface area contributed by atoms with Gasteiger partial charge in [0.15, 0.2) is 0 Å².